The highest BCUT2D eigenvalue weighted by Gasteiger charge is 2.20. The third-order valence-corrected chi connectivity index (χ3v) is 8.62. The van der Waals surface area contributed by atoms with Gasteiger partial charge < -0.3 is 26.7 Å². The van der Waals surface area contributed by atoms with Crippen LogP contribution in [-0.4, -0.2) is 60.3 Å². The largest absolute Gasteiger partial charge is 0.412 e. The van der Waals surface area contributed by atoms with Crippen molar-refractivity contribution in [1.29, 1.82) is 0 Å². The minimum atomic E-state index is -3.83. The Balaban J connectivity index is -0.000000784. The van der Waals surface area contributed by atoms with E-state index in [2.05, 4.69) is 0 Å². The van der Waals surface area contributed by atoms with E-state index >= 15 is 0 Å². The van der Waals surface area contributed by atoms with E-state index in [4.69, 9.17) is 21.7 Å². The predicted octanol–water partition coefficient (Wildman–Crippen LogP) is 4.00. The zero-order chi connectivity index (χ0) is 32.7. The molecule has 0 fully saturated rings. The molecular formula is C32H48Cl4N6O5S2. The van der Waals surface area contributed by atoms with Crippen LogP contribution < -0.4 is 21.7 Å². The molecule has 0 atom stereocenters. The van der Waals surface area contributed by atoms with E-state index in [1.165, 1.54) is 0 Å². The molecule has 0 aromatic heterocycles. The first-order valence-corrected chi connectivity index (χ1v) is 16.9. The molecule has 276 valence electrons. The molecule has 49 heavy (non-hydrogen) atoms. The molecule has 0 bridgehead atoms. The summed E-state index contributed by atoms with van der Waals surface area (Å²) in [6.07, 6.45) is 0.862. The van der Waals surface area contributed by atoms with Crippen molar-refractivity contribution >= 4 is 81.0 Å². The van der Waals surface area contributed by atoms with Crippen LogP contribution in [0.3, 0.4) is 0 Å². The van der Waals surface area contributed by atoms with Gasteiger partial charge in [0.15, 0.2) is 0 Å². The topological polar surface area (TPSA) is 210 Å². The smallest absolute Gasteiger partial charge is 0.238 e. The van der Waals surface area contributed by atoms with Crippen LogP contribution in [0.2, 0.25) is 0 Å². The summed E-state index contributed by atoms with van der Waals surface area (Å²) < 4.78 is 47.8. The standard InChI is InChI=1S/2C16H21N3O2S.4ClH.H2O/c2*1-19(2)11-13-9-15(17)14(16(10-13)22(18,20)21)8-12-6-4-3-5-7-12;;;;;/h2*3-7,9-10H,8,11,17H2,1-2H3,(H2,18,20,21);4*1H;1H2. The van der Waals surface area contributed by atoms with Gasteiger partial charge in [0.25, 0.3) is 0 Å². The molecule has 0 aliphatic heterocycles. The van der Waals surface area contributed by atoms with Gasteiger partial charge in [0.05, 0.1) is 9.79 Å². The predicted molar refractivity (Wildman–Crippen MR) is 210 cm³/mol. The first kappa shape index (κ1) is 50.7. The summed E-state index contributed by atoms with van der Waals surface area (Å²) in [5, 5.41) is 10.8. The van der Waals surface area contributed by atoms with Crippen molar-refractivity contribution in [2.45, 2.75) is 35.7 Å². The normalized spacial score (nSPS) is 10.6. The first-order valence-electron chi connectivity index (χ1n) is 13.8. The van der Waals surface area contributed by atoms with Crippen LogP contribution in [0.25, 0.3) is 0 Å². The van der Waals surface area contributed by atoms with Crippen molar-refractivity contribution in [2.24, 2.45) is 10.3 Å². The molecular weight excluding hydrogens is 754 g/mol. The van der Waals surface area contributed by atoms with Crippen molar-refractivity contribution in [2.75, 3.05) is 39.7 Å². The molecule has 0 aliphatic rings. The zero-order valence-electron chi connectivity index (χ0n) is 27.7. The lowest BCUT2D eigenvalue weighted by atomic mass is 10.0. The number of anilines is 2. The van der Waals surface area contributed by atoms with Gasteiger partial charge in [0.1, 0.15) is 0 Å². The number of primary sulfonamides is 2. The van der Waals surface area contributed by atoms with Gasteiger partial charge in [-0.2, -0.15) is 0 Å². The Hall–Kier alpha value is -2.66. The number of benzene rings is 4. The van der Waals surface area contributed by atoms with Crippen molar-refractivity contribution < 1.29 is 22.3 Å². The summed E-state index contributed by atoms with van der Waals surface area (Å²) in [5.41, 5.74) is 17.8. The molecule has 0 amide bonds. The molecule has 4 aromatic carbocycles. The van der Waals surface area contributed by atoms with Crippen molar-refractivity contribution in [3.8, 4) is 0 Å². The second kappa shape index (κ2) is 22.2. The van der Waals surface area contributed by atoms with E-state index < -0.39 is 20.0 Å². The molecule has 0 aliphatic carbocycles. The van der Waals surface area contributed by atoms with Crippen LogP contribution in [0.4, 0.5) is 11.4 Å². The average Bonchev–Trinajstić information content (AvgIpc) is 2.91. The molecule has 4 aromatic rings. The van der Waals surface area contributed by atoms with E-state index in [0.717, 1.165) is 22.3 Å². The molecule has 17 heteroatoms. The van der Waals surface area contributed by atoms with Crippen LogP contribution in [0, 0.1) is 0 Å². The minimum absolute atomic E-state index is 0. The number of rotatable bonds is 10. The Morgan fingerprint density at radius 2 is 0.796 bits per heavy atom. The number of nitrogens with zero attached hydrogens (tertiary/aromatic N) is 2. The van der Waals surface area contributed by atoms with Crippen molar-refractivity contribution in [1.82, 2.24) is 9.80 Å². The van der Waals surface area contributed by atoms with Gasteiger partial charge in [-0.3, -0.25) is 0 Å². The summed E-state index contributed by atoms with van der Waals surface area (Å²) in [5.74, 6) is 0. The van der Waals surface area contributed by atoms with Crippen LogP contribution in [0.1, 0.15) is 33.4 Å². The summed E-state index contributed by atoms with van der Waals surface area (Å²) >= 11 is 0. The molecule has 0 saturated carbocycles. The Kier molecular flexibility index (Phi) is 23.0. The molecule has 0 spiro atoms. The lowest BCUT2D eigenvalue weighted by Gasteiger charge is -2.16. The second-order valence-electron chi connectivity index (χ2n) is 11.2. The number of hydrogen-bond donors (Lipinski definition) is 4. The molecule has 4 rings (SSSR count). The highest BCUT2D eigenvalue weighted by molar-refractivity contribution is 7.89. The number of nitrogen functional groups attached to an aromatic ring is 2. The third kappa shape index (κ3) is 15.8. The molecule has 0 heterocycles. The number of sulfonamides is 2. The van der Waals surface area contributed by atoms with Crippen molar-refractivity contribution in [3.05, 3.63) is 118 Å². The van der Waals surface area contributed by atoms with Crippen LogP contribution in [-0.2, 0) is 46.0 Å². The zero-order valence-corrected chi connectivity index (χ0v) is 32.6. The van der Waals surface area contributed by atoms with Crippen LogP contribution in [0.5, 0.6) is 0 Å². The monoisotopic (exact) mass is 800 g/mol. The number of nitrogens with two attached hydrogens (primary N) is 4. The maximum Gasteiger partial charge on any atom is 0.238 e. The van der Waals surface area contributed by atoms with Crippen LogP contribution >= 0.6 is 49.6 Å². The molecule has 0 unspecified atom stereocenters. The average molecular weight is 803 g/mol. The fourth-order valence-corrected chi connectivity index (χ4v) is 6.55. The fraction of sp³-hybridized carbons (Fsp3) is 0.250. The van der Waals surface area contributed by atoms with Gasteiger partial charge in [-0.15, -0.1) is 49.6 Å². The van der Waals surface area contributed by atoms with Gasteiger partial charge in [0.2, 0.25) is 20.0 Å². The lowest BCUT2D eigenvalue weighted by molar-refractivity contribution is 0.402. The summed E-state index contributed by atoms with van der Waals surface area (Å²) in [6, 6.07) is 26.0. The van der Waals surface area contributed by atoms with E-state index in [9.17, 15) is 16.8 Å². The Morgan fingerprint density at radius 1 is 0.510 bits per heavy atom. The van der Waals surface area contributed by atoms with Gasteiger partial charge in [0, 0.05) is 37.3 Å². The lowest BCUT2D eigenvalue weighted by Crippen LogP contribution is -2.18. The van der Waals surface area contributed by atoms with Gasteiger partial charge in [-0.1, -0.05) is 60.7 Å². The Labute approximate surface area is 315 Å². The van der Waals surface area contributed by atoms with E-state index in [1.807, 2.05) is 111 Å². The Bertz CT molecular complexity index is 1670. The molecule has 0 radical (unpaired) electrons. The summed E-state index contributed by atoms with van der Waals surface area (Å²) in [4.78, 5) is 4.10. The highest BCUT2D eigenvalue weighted by Crippen LogP contribution is 2.28. The first-order chi connectivity index (χ1) is 20.5. The molecule has 11 nitrogen and oxygen atoms in total. The maximum absolute atomic E-state index is 11.9. The molecule has 0 saturated heterocycles. The van der Waals surface area contributed by atoms with Gasteiger partial charge in [-0.05, 0) is 85.8 Å². The molecule has 10 N–H and O–H groups in total. The van der Waals surface area contributed by atoms with E-state index in [-0.39, 0.29) is 64.9 Å². The summed E-state index contributed by atoms with van der Waals surface area (Å²) in [7, 11) is -0.0360. The van der Waals surface area contributed by atoms with Gasteiger partial charge in [-0.25, -0.2) is 27.1 Å². The highest BCUT2D eigenvalue weighted by atomic mass is 35.5. The number of hydrogen-bond acceptors (Lipinski definition) is 8. The second-order valence-corrected chi connectivity index (χ2v) is 14.3. The third-order valence-electron chi connectivity index (χ3n) is 6.66. The van der Waals surface area contributed by atoms with Gasteiger partial charge >= 0.3 is 0 Å². The minimum Gasteiger partial charge on any atom is -0.412 e. The van der Waals surface area contributed by atoms with Crippen LogP contribution in [0.15, 0.2) is 94.7 Å². The van der Waals surface area contributed by atoms with E-state index in [1.54, 1.807) is 12.1 Å². The quantitative estimate of drug-likeness (QED) is 0.172. The maximum atomic E-state index is 11.9. The summed E-state index contributed by atoms with van der Waals surface area (Å²) in [6.45, 7) is 1.19. The van der Waals surface area contributed by atoms with Crippen molar-refractivity contribution in [3.63, 3.8) is 0 Å². The van der Waals surface area contributed by atoms with E-state index in [0.29, 0.717) is 48.4 Å². The Morgan fingerprint density at radius 3 is 1.04 bits per heavy atom. The SMILES string of the molecule is CN(C)Cc1cc(N)c(Cc2ccccc2)c(S(N)(=O)=O)c1.CN(C)Cc1cc(N)c(Cc2ccccc2)c(S(N)(=O)=O)c1.Cl.Cl.Cl.Cl.O. The fourth-order valence-electron chi connectivity index (χ4n) is 4.85. The number of halogens is 4.